The molecule has 1 aliphatic rings. The SMILES string of the molecule is Cn1nc(CC2(O)CCCCC2(C)C)c2ccccc21. The predicted octanol–water partition coefficient (Wildman–Crippen LogP) is 3.45. The molecule has 1 saturated carbocycles. The van der Waals surface area contributed by atoms with Gasteiger partial charge in [0.25, 0.3) is 0 Å². The molecule has 3 nitrogen and oxygen atoms in total. The first-order valence-electron chi connectivity index (χ1n) is 7.56. The Morgan fingerprint density at radius 3 is 2.65 bits per heavy atom. The maximum atomic E-state index is 11.2. The first kappa shape index (κ1) is 13.6. The lowest BCUT2D eigenvalue weighted by Crippen LogP contribution is -2.48. The van der Waals surface area contributed by atoms with E-state index >= 15 is 0 Å². The number of benzene rings is 1. The third-order valence-electron chi connectivity index (χ3n) is 5.20. The normalized spacial score (nSPS) is 26.0. The van der Waals surface area contributed by atoms with Crippen molar-refractivity contribution in [2.24, 2.45) is 12.5 Å². The van der Waals surface area contributed by atoms with Crippen molar-refractivity contribution in [1.29, 1.82) is 0 Å². The second-order valence-corrected chi connectivity index (χ2v) is 6.89. The fourth-order valence-electron chi connectivity index (χ4n) is 3.58. The Kier molecular flexibility index (Phi) is 3.13. The number of aryl methyl sites for hydroxylation is 1. The van der Waals surface area contributed by atoms with E-state index in [1.807, 2.05) is 23.9 Å². The van der Waals surface area contributed by atoms with Crippen LogP contribution < -0.4 is 0 Å². The van der Waals surface area contributed by atoms with Crippen LogP contribution in [0.1, 0.15) is 45.2 Å². The molecule has 1 aliphatic carbocycles. The summed E-state index contributed by atoms with van der Waals surface area (Å²) in [6, 6.07) is 8.27. The van der Waals surface area contributed by atoms with E-state index in [9.17, 15) is 5.11 Å². The Morgan fingerprint density at radius 1 is 1.20 bits per heavy atom. The maximum absolute atomic E-state index is 11.2. The first-order valence-corrected chi connectivity index (χ1v) is 7.56. The van der Waals surface area contributed by atoms with Crippen molar-refractivity contribution >= 4 is 10.9 Å². The van der Waals surface area contributed by atoms with Crippen molar-refractivity contribution in [3.63, 3.8) is 0 Å². The highest BCUT2D eigenvalue weighted by atomic mass is 16.3. The number of fused-ring (bicyclic) bond motifs is 1. The minimum atomic E-state index is -0.637. The van der Waals surface area contributed by atoms with Gasteiger partial charge in [-0.15, -0.1) is 0 Å². The molecule has 0 radical (unpaired) electrons. The molecule has 108 valence electrons. The molecule has 3 rings (SSSR count). The van der Waals surface area contributed by atoms with Gasteiger partial charge in [0.15, 0.2) is 0 Å². The molecule has 1 aromatic heterocycles. The predicted molar refractivity (Wildman–Crippen MR) is 81.6 cm³/mol. The molecule has 1 aromatic carbocycles. The molecule has 0 aliphatic heterocycles. The van der Waals surface area contributed by atoms with Gasteiger partial charge in [-0.2, -0.15) is 5.10 Å². The van der Waals surface area contributed by atoms with Crippen molar-refractivity contribution in [1.82, 2.24) is 9.78 Å². The molecule has 1 fully saturated rings. The molecule has 1 heterocycles. The van der Waals surface area contributed by atoms with Crippen LogP contribution in [0.5, 0.6) is 0 Å². The van der Waals surface area contributed by atoms with Gasteiger partial charge in [-0.3, -0.25) is 4.68 Å². The zero-order valence-electron chi connectivity index (χ0n) is 12.7. The van der Waals surface area contributed by atoms with Gasteiger partial charge in [0, 0.05) is 18.9 Å². The van der Waals surface area contributed by atoms with Crippen molar-refractivity contribution in [2.45, 2.75) is 51.6 Å². The fourth-order valence-corrected chi connectivity index (χ4v) is 3.58. The third kappa shape index (κ3) is 2.05. The van der Waals surface area contributed by atoms with Gasteiger partial charge in [0.2, 0.25) is 0 Å². The number of hydrogen-bond donors (Lipinski definition) is 1. The van der Waals surface area contributed by atoms with Crippen LogP contribution >= 0.6 is 0 Å². The lowest BCUT2D eigenvalue weighted by Gasteiger charge is -2.46. The summed E-state index contributed by atoms with van der Waals surface area (Å²) in [7, 11) is 1.97. The van der Waals surface area contributed by atoms with E-state index in [0.717, 1.165) is 30.5 Å². The summed E-state index contributed by atoms with van der Waals surface area (Å²) in [6.45, 7) is 4.38. The average Bonchev–Trinajstić information content (AvgIpc) is 2.71. The van der Waals surface area contributed by atoms with Gasteiger partial charge in [0.05, 0.1) is 16.8 Å². The van der Waals surface area contributed by atoms with Gasteiger partial charge in [0.1, 0.15) is 0 Å². The number of para-hydroxylation sites is 1. The average molecular weight is 272 g/mol. The third-order valence-corrected chi connectivity index (χ3v) is 5.20. The second-order valence-electron chi connectivity index (χ2n) is 6.89. The Balaban J connectivity index is 2.00. The maximum Gasteiger partial charge on any atom is 0.0754 e. The molecule has 0 bridgehead atoms. The minimum Gasteiger partial charge on any atom is -0.389 e. The van der Waals surface area contributed by atoms with E-state index in [4.69, 9.17) is 0 Å². The molecule has 3 heteroatoms. The van der Waals surface area contributed by atoms with E-state index in [1.54, 1.807) is 0 Å². The van der Waals surface area contributed by atoms with E-state index in [2.05, 4.69) is 31.1 Å². The number of aromatic nitrogens is 2. The highest BCUT2D eigenvalue weighted by Gasteiger charge is 2.45. The Morgan fingerprint density at radius 2 is 1.90 bits per heavy atom. The Bertz CT molecular complexity index is 629. The highest BCUT2D eigenvalue weighted by Crippen LogP contribution is 2.45. The summed E-state index contributed by atoms with van der Waals surface area (Å²) < 4.78 is 1.92. The monoisotopic (exact) mass is 272 g/mol. The molecule has 2 aromatic rings. The zero-order chi connectivity index (χ0) is 14.4. The summed E-state index contributed by atoms with van der Waals surface area (Å²) in [4.78, 5) is 0. The molecule has 1 N–H and O–H groups in total. The highest BCUT2D eigenvalue weighted by molar-refractivity contribution is 5.81. The molecule has 0 amide bonds. The molecule has 1 unspecified atom stereocenters. The van der Waals surface area contributed by atoms with Crippen LogP contribution in [-0.4, -0.2) is 20.5 Å². The van der Waals surface area contributed by atoms with Crippen LogP contribution in [-0.2, 0) is 13.5 Å². The summed E-state index contributed by atoms with van der Waals surface area (Å²) in [5.41, 5.74) is 1.49. The lowest BCUT2D eigenvalue weighted by atomic mass is 9.63. The summed E-state index contributed by atoms with van der Waals surface area (Å²) in [5.74, 6) is 0. The fraction of sp³-hybridized carbons (Fsp3) is 0.588. The van der Waals surface area contributed by atoms with Crippen molar-refractivity contribution in [3.05, 3.63) is 30.0 Å². The quantitative estimate of drug-likeness (QED) is 0.909. The van der Waals surface area contributed by atoms with Gasteiger partial charge in [-0.25, -0.2) is 0 Å². The molecular weight excluding hydrogens is 248 g/mol. The second kappa shape index (κ2) is 4.59. The molecule has 0 saturated heterocycles. The smallest absolute Gasteiger partial charge is 0.0754 e. The first-order chi connectivity index (χ1) is 9.43. The van der Waals surface area contributed by atoms with E-state index in [-0.39, 0.29) is 5.41 Å². The number of rotatable bonds is 2. The van der Waals surface area contributed by atoms with Crippen molar-refractivity contribution in [2.75, 3.05) is 0 Å². The van der Waals surface area contributed by atoms with Crippen LogP contribution in [0, 0.1) is 5.41 Å². The molecular formula is C17H24N2O. The summed E-state index contributed by atoms with van der Waals surface area (Å²) in [6.07, 6.45) is 4.96. The summed E-state index contributed by atoms with van der Waals surface area (Å²) >= 11 is 0. The standard InChI is InChI=1S/C17H24N2O/c1-16(2)10-6-7-11-17(16,20)12-14-13-8-4-5-9-15(13)19(3)18-14/h4-5,8-9,20H,6-7,10-12H2,1-3H3. The van der Waals surface area contributed by atoms with Gasteiger partial charge in [-0.05, 0) is 24.3 Å². The topological polar surface area (TPSA) is 38.0 Å². The van der Waals surface area contributed by atoms with Crippen molar-refractivity contribution < 1.29 is 5.11 Å². The van der Waals surface area contributed by atoms with Crippen LogP contribution in [0.3, 0.4) is 0 Å². The molecule has 1 atom stereocenters. The van der Waals surface area contributed by atoms with Crippen molar-refractivity contribution in [3.8, 4) is 0 Å². The van der Waals surface area contributed by atoms with Gasteiger partial charge < -0.3 is 5.11 Å². The molecule has 0 spiro atoms. The largest absolute Gasteiger partial charge is 0.389 e. The number of aliphatic hydroxyl groups is 1. The number of hydrogen-bond acceptors (Lipinski definition) is 2. The van der Waals surface area contributed by atoms with Gasteiger partial charge in [-0.1, -0.05) is 44.9 Å². The lowest BCUT2D eigenvalue weighted by molar-refractivity contribution is -0.0962. The van der Waals surface area contributed by atoms with E-state index < -0.39 is 5.60 Å². The van der Waals surface area contributed by atoms with Crippen LogP contribution in [0.4, 0.5) is 0 Å². The molecule has 20 heavy (non-hydrogen) atoms. The van der Waals surface area contributed by atoms with E-state index in [0.29, 0.717) is 6.42 Å². The van der Waals surface area contributed by atoms with Crippen LogP contribution in [0.25, 0.3) is 10.9 Å². The van der Waals surface area contributed by atoms with Crippen LogP contribution in [0.2, 0.25) is 0 Å². The zero-order valence-corrected chi connectivity index (χ0v) is 12.7. The Labute approximate surface area is 120 Å². The minimum absolute atomic E-state index is 0.0378. The summed E-state index contributed by atoms with van der Waals surface area (Å²) in [5, 5.41) is 17.0. The van der Waals surface area contributed by atoms with Crippen LogP contribution in [0.15, 0.2) is 24.3 Å². The Hall–Kier alpha value is -1.35. The van der Waals surface area contributed by atoms with Gasteiger partial charge >= 0.3 is 0 Å². The number of nitrogens with zero attached hydrogens (tertiary/aromatic N) is 2. The van der Waals surface area contributed by atoms with E-state index in [1.165, 1.54) is 11.8 Å².